The van der Waals surface area contributed by atoms with Crippen LogP contribution >= 0.6 is 15.9 Å². The van der Waals surface area contributed by atoms with Crippen molar-refractivity contribution in [2.24, 2.45) is 0 Å². The van der Waals surface area contributed by atoms with Gasteiger partial charge >= 0.3 is 10.2 Å². The Morgan fingerprint density at radius 3 is 2.68 bits per heavy atom. The van der Waals surface area contributed by atoms with Crippen LogP contribution in [0, 0.1) is 5.82 Å². The minimum atomic E-state index is -4.03. The molecule has 0 spiro atoms. The van der Waals surface area contributed by atoms with E-state index in [9.17, 15) is 17.6 Å². The van der Waals surface area contributed by atoms with E-state index in [1.807, 2.05) is 30.3 Å². The van der Waals surface area contributed by atoms with E-state index in [1.165, 1.54) is 6.07 Å². The Labute approximate surface area is 152 Å². The number of aldehydes is 1. The van der Waals surface area contributed by atoms with Crippen LogP contribution in [0.2, 0.25) is 0 Å². The normalized spacial score (nSPS) is 19.0. The number of anilines is 1. The molecule has 1 atom stereocenters. The molecule has 1 fully saturated rings. The fourth-order valence-corrected chi connectivity index (χ4v) is 4.30. The number of nitrogens with zero attached hydrogens (tertiary/aromatic N) is 1. The Balaban J connectivity index is 1.97. The third-order valence-electron chi connectivity index (χ3n) is 3.60. The van der Waals surface area contributed by atoms with Crippen molar-refractivity contribution < 1.29 is 22.3 Å². The van der Waals surface area contributed by atoms with E-state index < -0.39 is 22.1 Å². The van der Waals surface area contributed by atoms with E-state index in [1.54, 1.807) is 0 Å². The van der Waals surface area contributed by atoms with Gasteiger partial charge in [0.05, 0.1) is 12.6 Å². The molecule has 25 heavy (non-hydrogen) atoms. The molecule has 3 rings (SSSR count). The quantitative estimate of drug-likeness (QED) is 0.741. The molecule has 1 aliphatic rings. The third kappa shape index (κ3) is 3.83. The predicted octanol–water partition coefficient (Wildman–Crippen LogP) is 2.39. The monoisotopic (exact) mass is 428 g/mol. The van der Waals surface area contributed by atoms with E-state index in [0.29, 0.717) is 10.8 Å². The van der Waals surface area contributed by atoms with Crippen LogP contribution in [0.5, 0.6) is 5.75 Å². The summed E-state index contributed by atoms with van der Waals surface area (Å²) in [6, 6.07) is 10.9. The lowest BCUT2D eigenvalue weighted by Crippen LogP contribution is -2.31. The molecular formula is C16H14BrFN2O4S. The zero-order valence-electron chi connectivity index (χ0n) is 12.9. The molecule has 0 aliphatic carbocycles. The number of nitrogens with one attached hydrogen (secondary N) is 1. The number of rotatable bonds is 5. The second kappa shape index (κ2) is 7.11. The minimum Gasteiger partial charge on any atom is -0.487 e. The van der Waals surface area contributed by atoms with Crippen LogP contribution in [0.1, 0.15) is 5.56 Å². The second-order valence-corrected chi connectivity index (χ2v) is 7.95. The molecule has 1 saturated heterocycles. The fourth-order valence-electron chi connectivity index (χ4n) is 2.48. The number of hydrogen-bond acceptors (Lipinski definition) is 4. The van der Waals surface area contributed by atoms with E-state index in [-0.39, 0.29) is 24.6 Å². The van der Waals surface area contributed by atoms with Crippen molar-refractivity contribution in [1.82, 2.24) is 4.72 Å². The highest BCUT2D eigenvalue weighted by molar-refractivity contribution is 9.10. The highest BCUT2D eigenvalue weighted by atomic mass is 79.9. The number of hydrogen-bond donors (Lipinski definition) is 1. The van der Waals surface area contributed by atoms with Gasteiger partial charge in [0.15, 0.2) is 5.82 Å². The van der Waals surface area contributed by atoms with Crippen LogP contribution in [-0.2, 0) is 21.6 Å². The molecule has 0 aromatic heterocycles. The van der Waals surface area contributed by atoms with Crippen LogP contribution in [0.3, 0.4) is 0 Å². The molecule has 0 radical (unpaired) electrons. The van der Waals surface area contributed by atoms with E-state index in [2.05, 4.69) is 20.7 Å². The van der Waals surface area contributed by atoms with Crippen molar-refractivity contribution in [2.75, 3.05) is 10.8 Å². The Kier molecular flexibility index (Phi) is 5.07. The first-order valence-electron chi connectivity index (χ1n) is 7.32. The van der Waals surface area contributed by atoms with E-state index >= 15 is 0 Å². The minimum absolute atomic E-state index is 0.0626. The van der Waals surface area contributed by atoms with Crippen molar-refractivity contribution in [3.63, 3.8) is 0 Å². The number of benzene rings is 2. The lowest BCUT2D eigenvalue weighted by Gasteiger charge is -2.21. The second-order valence-electron chi connectivity index (χ2n) is 5.41. The van der Waals surface area contributed by atoms with Crippen molar-refractivity contribution in [3.05, 3.63) is 58.3 Å². The average molecular weight is 429 g/mol. The lowest BCUT2D eigenvalue weighted by molar-refractivity contribution is -0.108. The number of halogens is 2. The lowest BCUT2D eigenvalue weighted by atomic mass is 10.2. The largest absolute Gasteiger partial charge is 0.487 e. The molecule has 1 unspecified atom stereocenters. The zero-order valence-corrected chi connectivity index (χ0v) is 15.3. The maximum absolute atomic E-state index is 14.5. The standard InChI is InChI=1S/C16H14BrFN2O4S/c17-12-6-14(18)16(20-8-13(9-21)19-25(20,22)23)15(7-12)24-10-11-4-2-1-3-5-11/h1-7,9,13,19H,8,10H2. The molecule has 1 N–H and O–H groups in total. The van der Waals surface area contributed by atoms with Gasteiger partial charge in [0.1, 0.15) is 24.3 Å². The maximum Gasteiger partial charge on any atom is 0.302 e. The SMILES string of the molecule is O=CC1CN(c2c(F)cc(Br)cc2OCc2ccccc2)S(=O)(=O)N1. The van der Waals surface area contributed by atoms with Gasteiger partial charge in [-0.25, -0.2) is 8.70 Å². The van der Waals surface area contributed by atoms with Gasteiger partial charge in [0.2, 0.25) is 0 Å². The third-order valence-corrected chi connectivity index (χ3v) is 5.57. The van der Waals surface area contributed by atoms with Gasteiger partial charge in [-0.1, -0.05) is 46.3 Å². The van der Waals surface area contributed by atoms with Gasteiger partial charge < -0.3 is 9.53 Å². The summed E-state index contributed by atoms with van der Waals surface area (Å²) >= 11 is 3.18. The first-order chi connectivity index (χ1) is 11.9. The average Bonchev–Trinajstić information content (AvgIpc) is 2.88. The molecule has 1 heterocycles. The summed E-state index contributed by atoms with van der Waals surface area (Å²) in [5, 5.41) is 0. The van der Waals surface area contributed by atoms with Gasteiger partial charge in [0.25, 0.3) is 0 Å². The molecule has 0 bridgehead atoms. The first-order valence-corrected chi connectivity index (χ1v) is 9.55. The topological polar surface area (TPSA) is 75.7 Å². The first kappa shape index (κ1) is 17.8. The Morgan fingerprint density at radius 2 is 2.04 bits per heavy atom. The molecule has 6 nitrogen and oxygen atoms in total. The van der Waals surface area contributed by atoms with E-state index in [4.69, 9.17) is 4.74 Å². The van der Waals surface area contributed by atoms with Crippen LogP contribution in [0.15, 0.2) is 46.9 Å². The van der Waals surface area contributed by atoms with Crippen molar-refractivity contribution in [3.8, 4) is 5.75 Å². The number of ether oxygens (including phenoxy) is 1. The summed E-state index contributed by atoms with van der Waals surface area (Å²) < 4.78 is 48.0. The van der Waals surface area contributed by atoms with Crippen molar-refractivity contribution in [1.29, 1.82) is 0 Å². The molecule has 2 aromatic rings. The van der Waals surface area contributed by atoms with Crippen molar-refractivity contribution in [2.45, 2.75) is 12.6 Å². The highest BCUT2D eigenvalue weighted by Crippen LogP contribution is 2.37. The number of carbonyl (C=O) groups is 1. The number of carbonyl (C=O) groups excluding carboxylic acids is 1. The molecule has 9 heteroatoms. The fraction of sp³-hybridized carbons (Fsp3) is 0.188. The van der Waals surface area contributed by atoms with Gasteiger partial charge in [0, 0.05) is 4.47 Å². The zero-order chi connectivity index (χ0) is 18.0. The molecule has 132 valence electrons. The van der Waals surface area contributed by atoms with Crippen LogP contribution < -0.4 is 13.8 Å². The molecule has 0 amide bonds. The molecule has 1 aliphatic heterocycles. The van der Waals surface area contributed by atoms with Crippen molar-refractivity contribution >= 4 is 38.1 Å². The molecular weight excluding hydrogens is 415 g/mol. The summed E-state index contributed by atoms with van der Waals surface area (Å²) in [7, 11) is -4.03. The predicted molar refractivity (Wildman–Crippen MR) is 94.1 cm³/mol. The summed E-state index contributed by atoms with van der Waals surface area (Å²) in [6.07, 6.45) is 0.471. The Morgan fingerprint density at radius 1 is 1.32 bits per heavy atom. The Hall–Kier alpha value is -1.97. The van der Waals surface area contributed by atoms with Crippen LogP contribution in [0.4, 0.5) is 10.1 Å². The summed E-state index contributed by atoms with van der Waals surface area (Å²) in [4.78, 5) is 10.9. The molecule has 0 saturated carbocycles. The van der Waals surface area contributed by atoms with Gasteiger partial charge in [-0.3, -0.25) is 0 Å². The smallest absolute Gasteiger partial charge is 0.302 e. The summed E-state index contributed by atoms with van der Waals surface area (Å²) in [5.41, 5.74) is 0.623. The summed E-state index contributed by atoms with van der Waals surface area (Å²) in [5.74, 6) is -0.706. The van der Waals surface area contributed by atoms with Crippen LogP contribution in [0.25, 0.3) is 0 Å². The Bertz CT molecular complexity index is 893. The van der Waals surface area contributed by atoms with E-state index in [0.717, 1.165) is 15.9 Å². The summed E-state index contributed by atoms with van der Waals surface area (Å²) in [6.45, 7) is -0.0613. The van der Waals surface area contributed by atoms with Gasteiger partial charge in [-0.2, -0.15) is 13.1 Å². The van der Waals surface area contributed by atoms with Crippen LogP contribution in [-0.4, -0.2) is 27.3 Å². The maximum atomic E-state index is 14.5. The molecule has 2 aromatic carbocycles. The van der Waals surface area contributed by atoms with Gasteiger partial charge in [-0.15, -0.1) is 0 Å². The van der Waals surface area contributed by atoms with Gasteiger partial charge in [-0.05, 0) is 17.7 Å². The highest BCUT2D eigenvalue weighted by Gasteiger charge is 2.38.